The van der Waals surface area contributed by atoms with Crippen LogP contribution in [-0.2, 0) is 7.05 Å². The molecule has 0 bridgehead atoms. The average Bonchev–Trinajstić information content (AvgIpc) is 2.94. The van der Waals surface area contributed by atoms with E-state index in [2.05, 4.69) is 22.5 Å². The first-order chi connectivity index (χ1) is 9.19. The standard InChI is InChI=1S/C15H17N3O/c1-10-12(9-18(3)17-10)15(16-2)14-8-11-6-4-5-7-13(11)19-14/h4-9,15-16H,1-3H3. The van der Waals surface area contributed by atoms with Crippen LogP contribution in [0.15, 0.2) is 40.9 Å². The summed E-state index contributed by atoms with van der Waals surface area (Å²) in [7, 11) is 3.87. The summed E-state index contributed by atoms with van der Waals surface area (Å²) < 4.78 is 7.77. The number of para-hydroxylation sites is 1. The van der Waals surface area contributed by atoms with Gasteiger partial charge in [-0.2, -0.15) is 5.10 Å². The highest BCUT2D eigenvalue weighted by atomic mass is 16.3. The van der Waals surface area contributed by atoms with Crippen LogP contribution in [0.25, 0.3) is 11.0 Å². The van der Waals surface area contributed by atoms with Crippen molar-refractivity contribution in [1.82, 2.24) is 15.1 Å². The molecule has 0 amide bonds. The third-order valence-electron chi connectivity index (χ3n) is 3.38. The number of hydrogen-bond acceptors (Lipinski definition) is 3. The minimum Gasteiger partial charge on any atom is -0.459 e. The Morgan fingerprint density at radius 2 is 2.11 bits per heavy atom. The first-order valence-corrected chi connectivity index (χ1v) is 6.35. The molecule has 19 heavy (non-hydrogen) atoms. The van der Waals surface area contributed by atoms with Gasteiger partial charge in [0.15, 0.2) is 0 Å². The van der Waals surface area contributed by atoms with Gasteiger partial charge in [-0.3, -0.25) is 4.68 Å². The number of fused-ring (bicyclic) bond motifs is 1. The summed E-state index contributed by atoms with van der Waals surface area (Å²) in [5.74, 6) is 0.916. The zero-order valence-electron chi connectivity index (χ0n) is 11.3. The maximum absolute atomic E-state index is 5.94. The molecule has 3 rings (SSSR count). The third-order valence-corrected chi connectivity index (χ3v) is 3.38. The molecular formula is C15H17N3O. The SMILES string of the molecule is CNC(c1cc2ccccc2o1)c1cn(C)nc1C. The first-order valence-electron chi connectivity index (χ1n) is 6.35. The number of aryl methyl sites for hydroxylation is 2. The van der Waals surface area contributed by atoms with Crippen LogP contribution in [0, 0.1) is 6.92 Å². The Hall–Kier alpha value is -2.07. The topological polar surface area (TPSA) is 43.0 Å². The van der Waals surface area contributed by atoms with Gasteiger partial charge in [-0.1, -0.05) is 18.2 Å². The van der Waals surface area contributed by atoms with E-state index in [1.54, 1.807) is 0 Å². The van der Waals surface area contributed by atoms with Crippen LogP contribution in [-0.4, -0.2) is 16.8 Å². The molecule has 1 atom stereocenters. The van der Waals surface area contributed by atoms with Crippen molar-refractivity contribution < 1.29 is 4.42 Å². The monoisotopic (exact) mass is 255 g/mol. The summed E-state index contributed by atoms with van der Waals surface area (Å²) in [6.07, 6.45) is 2.03. The molecule has 0 spiro atoms. The molecule has 0 aliphatic heterocycles. The summed E-state index contributed by atoms with van der Waals surface area (Å²) >= 11 is 0. The van der Waals surface area contributed by atoms with E-state index >= 15 is 0 Å². The van der Waals surface area contributed by atoms with Crippen LogP contribution < -0.4 is 5.32 Å². The number of furan rings is 1. The molecule has 0 fully saturated rings. The lowest BCUT2D eigenvalue weighted by Gasteiger charge is -2.12. The molecule has 0 aliphatic carbocycles. The lowest BCUT2D eigenvalue weighted by atomic mass is 10.1. The highest BCUT2D eigenvalue weighted by molar-refractivity contribution is 5.78. The van der Waals surface area contributed by atoms with Gasteiger partial charge < -0.3 is 9.73 Å². The van der Waals surface area contributed by atoms with Crippen LogP contribution >= 0.6 is 0 Å². The summed E-state index contributed by atoms with van der Waals surface area (Å²) in [6.45, 7) is 2.02. The third kappa shape index (κ3) is 2.04. The maximum atomic E-state index is 5.94. The Labute approximate surface area is 112 Å². The van der Waals surface area contributed by atoms with Gasteiger partial charge in [0.2, 0.25) is 0 Å². The largest absolute Gasteiger partial charge is 0.459 e. The summed E-state index contributed by atoms with van der Waals surface area (Å²) in [5, 5.41) is 8.82. The van der Waals surface area contributed by atoms with E-state index in [1.807, 2.05) is 50.1 Å². The number of aromatic nitrogens is 2. The quantitative estimate of drug-likeness (QED) is 0.782. The summed E-state index contributed by atoms with van der Waals surface area (Å²) in [6, 6.07) is 10.2. The molecule has 0 radical (unpaired) electrons. The van der Waals surface area contributed by atoms with Crippen molar-refractivity contribution in [3.63, 3.8) is 0 Å². The van der Waals surface area contributed by atoms with Crippen LogP contribution in [0.2, 0.25) is 0 Å². The predicted molar refractivity (Wildman–Crippen MR) is 75.1 cm³/mol. The van der Waals surface area contributed by atoms with Crippen LogP contribution in [0.1, 0.15) is 23.1 Å². The highest BCUT2D eigenvalue weighted by Crippen LogP contribution is 2.29. The number of nitrogens with one attached hydrogen (secondary N) is 1. The molecule has 0 saturated heterocycles. The van der Waals surface area contributed by atoms with Crippen LogP contribution in [0.5, 0.6) is 0 Å². The molecule has 2 aromatic heterocycles. The summed E-state index contributed by atoms with van der Waals surface area (Å²) in [4.78, 5) is 0. The molecule has 3 aromatic rings. The van der Waals surface area contributed by atoms with Crippen molar-refractivity contribution in [2.45, 2.75) is 13.0 Å². The molecule has 0 saturated carbocycles. The van der Waals surface area contributed by atoms with Gasteiger partial charge >= 0.3 is 0 Å². The Kier molecular flexibility index (Phi) is 2.87. The maximum Gasteiger partial charge on any atom is 0.134 e. The molecule has 98 valence electrons. The second-order valence-corrected chi connectivity index (χ2v) is 4.75. The fourth-order valence-corrected chi connectivity index (χ4v) is 2.50. The van der Waals surface area contributed by atoms with Crippen molar-refractivity contribution >= 4 is 11.0 Å². The second kappa shape index (κ2) is 4.55. The zero-order chi connectivity index (χ0) is 13.4. The fourth-order valence-electron chi connectivity index (χ4n) is 2.50. The van der Waals surface area contributed by atoms with Gasteiger partial charge in [0.1, 0.15) is 11.3 Å². The molecule has 4 heteroatoms. The Morgan fingerprint density at radius 3 is 2.74 bits per heavy atom. The van der Waals surface area contributed by atoms with Gasteiger partial charge in [-0.05, 0) is 26.1 Å². The van der Waals surface area contributed by atoms with E-state index in [0.29, 0.717) is 0 Å². The Bertz CT molecular complexity index is 678. The Morgan fingerprint density at radius 1 is 1.32 bits per heavy atom. The predicted octanol–water partition coefficient (Wildman–Crippen LogP) is 2.78. The number of benzene rings is 1. The van der Waals surface area contributed by atoms with Crippen LogP contribution in [0.3, 0.4) is 0 Å². The van der Waals surface area contributed by atoms with Crippen molar-refractivity contribution in [3.05, 3.63) is 53.5 Å². The summed E-state index contributed by atoms with van der Waals surface area (Å²) in [5.41, 5.74) is 3.07. The second-order valence-electron chi connectivity index (χ2n) is 4.75. The van der Waals surface area contributed by atoms with E-state index in [0.717, 1.165) is 28.0 Å². The van der Waals surface area contributed by atoms with Gasteiger partial charge in [0, 0.05) is 24.2 Å². The van der Waals surface area contributed by atoms with E-state index in [9.17, 15) is 0 Å². The lowest BCUT2D eigenvalue weighted by Crippen LogP contribution is -2.17. The molecule has 1 N–H and O–H groups in total. The van der Waals surface area contributed by atoms with E-state index in [4.69, 9.17) is 4.42 Å². The molecule has 1 aromatic carbocycles. The normalized spacial score (nSPS) is 13.0. The van der Waals surface area contributed by atoms with Crippen molar-refractivity contribution in [2.24, 2.45) is 7.05 Å². The van der Waals surface area contributed by atoms with Gasteiger partial charge in [0.25, 0.3) is 0 Å². The van der Waals surface area contributed by atoms with E-state index in [-0.39, 0.29) is 6.04 Å². The van der Waals surface area contributed by atoms with E-state index in [1.165, 1.54) is 0 Å². The molecule has 1 unspecified atom stereocenters. The highest BCUT2D eigenvalue weighted by Gasteiger charge is 2.20. The minimum absolute atomic E-state index is 0.0288. The van der Waals surface area contributed by atoms with Crippen molar-refractivity contribution in [2.75, 3.05) is 7.05 Å². The number of nitrogens with zero attached hydrogens (tertiary/aromatic N) is 2. The fraction of sp³-hybridized carbons (Fsp3) is 0.267. The Balaban J connectivity index is 2.09. The lowest BCUT2D eigenvalue weighted by molar-refractivity contribution is 0.490. The molecular weight excluding hydrogens is 238 g/mol. The van der Waals surface area contributed by atoms with Gasteiger partial charge in [-0.25, -0.2) is 0 Å². The van der Waals surface area contributed by atoms with E-state index < -0.39 is 0 Å². The number of rotatable bonds is 3. The minimum atomic E-state index is 0.0288. The molecule has 2 heterocycles. The van der Waals surface area contributed by atoms with Crippen molar-refractivity contribution in [3.8, 4) is 0 Å². The molecule has 4 nitrogen and oxygen atoms in total. The van der Waals surface area contributed by atoms with Crippen LogP contribution in [0.4, 0.5) is 0 Å². The van der Waals surface area contributed by atoms with Gasteiger partial charge in [-0.15, -0.1) is 0 Å². The average molecular weight is 255 g/mol. The molecule has 0 aliphatic rings. The van der Waals surface area contributed by atoms with Gasteiger partial charge in [0.05, 0.1) is 11.7 Å². The first kappa shape index (κ1) is 12.0. The number of hydrogen-bond donors (Lipinski definition) is 1. The zero-order valence-corrected chi connectivity index (χ0v) is 11.3. The smallest absolute Gasteiger partial charge is 0.134 e. The van der Waals surface area contributed by atoms with Crippen molar-refractivity contribution in [1.29, 1.82) is 0 Å².